The Balaban J connectivity index is 2.03. The minimum absolute atomic E-state index is 0.307. The lowest BCUT2D eigenvalue weighted by Gasteiger charge is -2.06. The molecule has 0 bridgehead atoms. The van der Waals surface area contributed by atoms with Crippen molar-refractivity contribution in [1.82, 2.24) is 4.57 Å². The summed E-state index contributed by atoms with van der Waals surface area (Å²) in [5, 5.41) is 10.8. The van der Waals surface area contributed by atoms with Gasteiger partial charge in [-0.15, -0.1) is 0 Å². The maximum Gasteiger partial charge on any atom is 0.115 e. The van der Waals surface area contributed by atoms with Crippen molar-refractivity contribution in [2.24, 2.45) is 5.73 Å². The maximum absolute atomic E-state index is 9.57. The second-order valence-corrected chi connectivity index (χ2v) is 5.01. The van der Waals surface area contributed by atoms with Gasteiger partial charge >= 0.3 is 0 Å². The fraction of sp³-hybridized carbons (Fsp3) is 0.176. The van der Waals surface area contributed by atoms with E-state index in [1.165, 1.54) is 16.5 Å². The average Bonchev–Trinajstić information content (AvgIpc) is 2.78. The first-order valence-corrected chi connectivity index (χ1v) is 6.82. The number of aromatic hydroxyl groups is 1. The Kier molecular flexibility index (Phi) is 3.44. The Morgan fingerprint density at radius 1 is 1.05 bits per heavy atom. The summed E-state index contributed by atoms with van der Waals surface area (Å²) in [5.74, 6) is 0.307. The summed E-state index contributed by atoms with van der Waals surface area (Å²) >= 11 is 0. The van der Waals surface area contributed by atoms with Gasteiger partial charge in [-0.1, -0.05) is 30.3 Å². The first kappa shape index (κ1) is 12.8. The van der Waals surface area contributed by atoms with Crippen LogP contribution in [0.15, 0.2) is 54.7 Å². The number of hydrogen-bond donors (Lipinski definition) is 2. The molecule has 1 aromatic heterocycles. The quantitative estimate of drug-likeness (QED) is 0.763. The molecule has 0 fully saturated rings. The summed E-state index contributed by atoms with van der Waals surface area (Å²) in [7, 11) is 0. The fourth-order valence-corrected chi connectivity index (χ4v) is 2.66. The molecular formula is C17H18N2O. The van der Waals surface area contributed by atoms with Gasteiger partial charge in [0.15, 0.2) is 0 Å². The standard InChI is InChI=1S/C17H18N2O/c18-9-8-14-12-19(17-7-2-1-6-16(14)17)11-13-4-3-5-15(20)10-13/h1-7,10,12,20H,8-9,11,18H2. The van der Waals surface area contributed by atoms with Gasteiger partial charge in [-0.3, -0.25) is 0 Å². The van der Waals surface area contributed by atoms with Crippen molar-refractivity contribution in [3.05, 3.63) is 65.9 Å². The van der Waals surface area contributed by atoms with Crippen molar-refractivity contribution in [3.63, 3.8) is 0 Å². The summed E-state index contributed by atoms with van der Waals surface area (Å²) in [6.45, 7) is 1.40. The molecule has 2 aromatic carbocycles. The molecule has 1 heterocycles. The molecule has 0 amide bonds. The molecule has 0 aliphatic rings. The minimum atomic E-state index is 0.307. The molecule has 0 unspecified atom stereocenters. The number of aromatic nitrogens is 1. The van der Waals surface area contributed by atoms with Crippen LogP contribution in [0.3, 0.4) is 0 Å². The van der Waals surface area contributed by atoms with Crippen LogP contribution in [0.4, 0.5) is 0 Å². The number of nitrogens with two attached hydrogens (primary N) is 1. The number of phenols is 1. The fourth-order valence-electron chi connectivity index (χ4n) is 2.66. The van der Waals surface area contributed by atoms with E-state index in [1.54, 1.807) is 12.1 Å². The molecule has 3 heteroatoms. The highest BCUT2D eigenvalue weighted by Gasteiger charge is 2.07. The van der Waals surface area contributed by atoms with E-state index in [0.717, 1.165) is 18.5 Å². The van der Waals surface area contributed by atoms with Crippen molar-refractivity contribution < 1.29 is 5.11 Å². The van der Waals surface area contributed by atoms with E-state index in [2.05, 4.69) is 29.0 Å². The Hall–Kier alpha value is -2.26. The van der Waals surface area contributed by atoms with Crippen molar-refractivity contribution in [3.8, 4) is 5.75 Å². The first-order chi connectivity index (χ1) is 9.78. The Labute approximate surface area is 118 Å². The van der Waals surface area contributed by atoms with Gasteiger partial charge in [-0.2, -0.15) is 0 Å². The molecule has 0 radical (unpaired) electrons. The van der Waals surface area contributed by atoms with Gasteiger partial charge in [-0.05, 0) is 42.3 Å². The molecule has 0 aliphatic heterocycles. The van der Waals surface area contributed by atoms with E-state index in [4.69, 9.17) is 5.73 Å². The smallest absolute Gasteiger partial charge is 0.115 e. The topological polar surface area (TPSA) is 51.2 Å². The maximum atomic E-state index is 9.57. The normalized spacial score (nSPS) is 11.1. The third kappa shape index (κ3) is 2.40. The second-order valence-electron chi connectivity index (χ2n) is 5.01. The lowest BCUT2D eigenvalue weighted by Crippen LogP contribution is -2.02. The zero-order valence-corrected chi connectivity index (χ0v) is 11.3. The minimum Gasteiger partial charge on any atom is -0.508 e. The van der Waals surface area contributed by atoms with Crippen molar-refractivity contribution in [1.29, 1.82) is 0 Å². The lowest BCUT2D eigenvalue weighted by molar-refractivity contribution is 0.474. The van der Waals surface area contributed by atoms with Crippen LogP contribution in [0.1, 0.15) is 11.1 Å². The molecular weight excluding hydrogens is 248 g/mol. The number of phenolic OH excluding ortho intramolecular Hbond substituents is 1. The van der Waals surface area contributed by atoms with Crippen LogP contribution in [-0.4, -0.2) is 16.2 Å². The molecule has 3 aromatic rings. The molecule has 3 N–H and O–H groups in total. The monoisotopic (exact) mass is 266 g/mol. The van der Waals surface area contributed by atoms with E-state index in [0.29, 0.717) is 12.3 Å². The highest BCUT2D eigenvalue weighted by molar-refractivity contribution is 5.84. The summed E-state index contributed by atoms with van der Waals surface area (Å²) in [5.41, 5.74) is 9.27. The predicted molar refractivity (Wildman–Crippen MR) is 81.9 cm³/mol. The zero-order valence-electron chi connectivity index (χ0n) is 11.3. The third-order valence-electron chi connectivity index (χ3n) is 3.55. The van der Waals surface area contributed by atoms with Crippen molar-refractivity contribution in [2.45, 2.75) is 13.0 Å². The van der Waals surface area contributed by atoms with Gasteiger partial charge in [0.05, 0.1) is 0 Å². The number of fused-ring (bicyclic) bond motifs is 1. The van der Waals surface area contributed by atoms with Gasteiger partial charge < -0.3 is 15.4 Å². The molecule has 3 nitrogen and oxygen atoms in total. The van der Waals surface area contributed by atoms with Crippen LogP contribution >= 0.6 is 0 Å². The SMILES string of the molecule is NCCc1cn(Cc2cccc(O)c2)c2ccccc12. The number of rotatable bonds is 4. The highest BCUT2D eigenvalue weighted by atomic mass is 16.3. The van der Waals surface area contributed by atoms with Gasteiger partial charge in [-0.25, -0.2) is 0 Å². The van der Waals surface area contributed by atoms with Crippen molar-refractivity contribution >= 4 is 10.9 Å². The van der Waals surface area contributed by atoms with E-state index >= 15 is 0 Å². The summed E-state index contributed by atoms with van der Waals surface area (Å²) in [4.78, 5) is 0. The molecule has 0 saturated heterocycles. The summed E-state index contributed by atoms with van der Waals surface area (Å²) in [6.07, 6.45) is 3.05. The summed E-state index contributed by atoms with van der Waals surface area (Å²) < 4.78 is 2.22. The number of para-hydroxylation sites is 1. The zero-order chi connectivity index (χ0) is 13.9. The van der Waals surface area contributed by atoms with Crippen LogP contribution in [-0.2, 0) is 13.0 Å². The second kappa shape index (κ2) is 5.39. The molecule has 102 valence electrons. The van der Waals surface area contributed by atoms with Crippen LogP contribution in [0.2, 0.25) is 0 Å². The lowest BCUT2D eigenvalue weighted by atomic mass is 10.1. The Bertz CT molecular complexity index is 731. The number of benzene rings is 2. The van der Waals surface area contributed by atoms with Crippen molar-refractivity contribution in [2.75, 3.05) is 6.54 Å². The molecule has 0 aliphatic carbocycles. The number of hydrogen-bond acceptors (Lipinski definition) is 2. The van der Waals surface area contributed by atoms with Gasteiger partial charge in [0.25, 0.3) is 0 Å². The van der Waals surface area contributed by atoms with E-state index < -0.39 is 0 Å². The van der Waals surface area contributed by atoms with Gasteiger partial charge in [0.1, 0.15) is 5.75 Å². The van der Waals surface area contributed by atoms with Gasteiger partial charge in [0.2, 0.25) is 0 Å². The molecule has 20 heavy (non-hydrogen) atoms. The average molecular weight is 266 g/mol. The van der Waals surface area contributed by atoms with Crippen LogP contribution in [0, 0.1) is 0 Å². The van der Waals surface area contributed by atoms with Crippen LogP contribution < -0.4 is 5.73 Å². The molecule has 3 rings (SSSR count). The van der Waals surface area contributed by atoms with E-state index in [1.807, 2.05) is 18.2 Å². The first-order valence-electron chi connectivity index (χ1n) is 6.82. The molecule has 0 spiro atoms. The van der Waals surface area contributed by atoms with Gasteiger partial charge in [0, 0.05) is 23.6 Å². The van der Waals surface area contributed by atoms with E-state index in [9.17, 15) is 5.11 Å². The predicted octanol–water partition coefficient (Wildman–Crippen LogP) is 2.90. The van der Waals surface area contributed by atoms with E-state index in [-0.39, 0.29) is 0 Å². The Morgan fingerprint density at radius 2 is 1.90 bits per heavy atom. The highest BCUT2D eigenvalue weighted by Crippen LogP contribution is 2.23. The largest absolute Gasteiger partial charge is 0.508 e. The van der Waals surface area contributed by atoms with Crippen LogP contribution in [0.5, 0.6) is 5.75 Å². The molecule has 0 saturated carbocycles. The van der Waals surface area contributed by atoms with Crippen LogP contribution in [0.25, 0.3) is 10.9 Å². The summed E-state index contributed by atoms with van der Waals surface area (Å²) in [6, 6.07) is 15.8. The number of nitrogens with zero attached hydrogens (tertiary/aromatic N) is 1. The molecule has 0 atom stereocenters. The third-order valence-corrected chi connectivity index (χ3v) is 3.55. The Morgan fingerprint density at radius 3 is 2.70 bits per heavy atom.